The van der Waals surface area contributed by atoms with Gasteiger partial charge in [0.2, 0.25) is 5.91 Å². The van der Waals surface area contributed by atoms with Gasteiger partial charge in [-0.05, 0) is 25.7 Å². The zero-order valence-corrected chi connectivity index (χ0v) is 21.1. The molecule has 8 nitrogen and oxygen atoms in total. The number of carboxylic acid groups (broad SMARTS) is 2. The average Bonchev–Trinajstić information content (AvgIpc) is 2.67. The Hall–Kier alpha value is -0.930. The number of aliphatic hydroxyl groups excluding tert-OH is 1. The molecular formula is C21H38N2NaO6+. The predicted octanol–water partition coefficient (Wildman–Crippen LogP) is -2.45. The van der Waals surface area contributed by atoms with E-state index in [0.717, 1.165) is 6.42 Å². The van der Waals surface area contributed by atoms with Gasteiger partial charge in [0.05, 0.1) is 38.8 Å². The van der Waals surface area contributed by atoms with E-state index in [0.29, 0.717) is 32.2 Å². The molecule has 0 fully saturated rings. The van der Waals surface area contributed by atoms with Gasteiger partial charge in [-0.25, -0.2) is 0 Å². The molecule has 3 unspecified atom stereocenters. The smallest absolute Gasteiger partial charge is 0.550 e. The van der Waals surface area contributed by atoms with E-state index >= 15 is 0 Å². The van der Waals surface area contributed by atoms with E-state index in [-0.39, 0.29) is 72.7 Å². The molecule has 0 heterocycles. The second kappa shape index (κ2) is 17.7. The number of aliphatic carboxylic acids is 2. The number of nitrogens with zero attached hydrogens (tertiary/aromatic N) is 1. The molecule has 0 saturated heterocycles. The number of rotatable bonds is 17. The van der Waals surface area contributed by atoms with Crippen molar-refractivity contribution in [2.24, 2.45) is 11.8 Å². The van der Waals surface area contributed by atoms with Crippen molar-refractivity contribution in [3.63, 3.8) is 0 Å². The summed E-state index contributed by atoms with van der Waals surface area (Å²) in [7, 11) is 0. The summed E-state index contributed by atoms with van der Waals surface area (Å²) in [4.78, 5) is 35.1. The zero-order chi connectivity index (χ0) is 22.3. The Morgan fingerprint density at radius 3 is 2.10 bits per heavy atom. The van der Waals surface area contributed by atoms with Crippen LogP contribution in [0.3, 0.4) is 0 Å². The normalized spacial score (nSPS) is 15.1. The summed E-state index contributed by atoms with van der Waals surface area (Å²) in [6.45, 7) is 6.57. The summed E-state index contributed by atoms with van der Waals surface area (Å²) in [6, 6.07) is 0. The molecule has 3 N–H and O–H groups in total. The quantitative estimate of drug-likeness (QED) is 0.132. The number of nitrogens with one attached hydrogen (secondary N) is 1. The Balaban J connectivity index is 0. The molecule has 0 aromatic rings. The fraction of sp³-hybridized carbons (Fsp3) is 0.762. The molecule has 9 heteroatoms. The molecule has 0 aliphatic rings. The van der Waals surface area contributed by atoms with Gasteiger partial charge in [0.15, 0.2) is 0 Å². The maximum Gasteiger partial charge on any atom is 1.00 e. The van der Waals surface area contributed by atoms with Crippen LogP contribution < -0.4 is 40.0 Å². The number of aliphatic hydroxyl groups is 1. The van der Waals surface area contributed by atoms with E-state index in [9.17, 15) is 29.7 Å². The van der Waals surface area contributed by atoms with Gasteiger partial charge in [0.25, 0.3) is 0 Å². The summed E-state index contributed by atoms with van der Waals surface area (Å²) in [5.41, 5.74) is 0. The van der Waals surface area contributed by atoms with Crippen molar-refractivity contribution in [1.29, 1.82) is 0 Å². The molecule has 0 saturated carbocycles. The first kappa shape index (κ1) is 31.3. The molecule has 0 spiro atoms. The van der Waals surface area contributed by atoms with Crippen molar-refractivity contribution >= 4 is 17.8 Å². The van der Waals surface area contributed by atoms with Gasteiger partial charge in [-0.15, -0.1) is 0 Å². The first-order valence-corrected chi connectivity index (χ1v) is 10.6. The molecule has 168 valence electrons. The van der Waals surface area contributed by atoms with Gasteiger partial charge >= 0.3 is 35.5 Å². The molecular weight excluding hydrogens is 399 g/mol. The third kappa shape index (κ3) is 12.7. The molecule has 3 atom stereocenters. The standard InChI is InChI=1S/C21H38N2O6.Na/c1-4-7-8-9-10-19(25)22-11-12-23(13-14-24,15-17(5-2)20(26)27)16-18(6-3)21(28)29;/h7-8,17-18,24H,4-6,9-16H2,1-3H3,(H2-,22,25,26,27,28,29);/q;+1/b8-7+;. The minimum absolute atomic E-state index is 0. The summed E-state index contributed by atoms with van der Waals surface area (Å²) < 4.78 is 0.115. The maximum absolute atomic E-state index is 12.0. The number of hydrogen-bond donors (Lipinski definition) is 3. The van der Waals surface area contributed by atoms with Crippen LogP contribution in [0.5, 0.6) is 0 Å². The van der Waals surface area contributed by atoms with E-state index in [2.05, 4.69) is 5.32 Å². The van der Waals surface area contributed by atoms with Crippen molar-refractivity contribution in [3.05, 3.63) is 12.2 Å². The second-order valence-corrected chi connectivity index (χ2v) is 7.51. The molecule has 1 amide bonds. The third-order valence-corrected chi connectivity index (χ3v) is 5.31. The van der Waals surface area contributed by atoms with E-state index in [1.165, 1.54) is 0 Å². The fourth-order valence-electron chi connectivity index (χ4n) is 3.47. The molecule has 0 aliphatic heterocycles. The van der Waals surface area contributed by atoms with Crippen molar-refractivity contribution in [2.75, 3.05) is 39.3 Å². The van der Waals surface area contributed by atoms with Crippen LogP contribution >= 0.6 is 0 Å². The van der Waals surface area contributed by atoms with Crippen LogP contribution in [0.2, 0.25) is 0 Å². The van der Waals surface area contributed by atoms with Crippen LogP contribution in [0.1, 0.15) is 52.9 Å². The number of quaternary nitrogens is 1. The van der Waals surface area contributed by atoms with Gasteiger partial charge in [-0.3, -0.25) is 9.59 Å². The van der Waals surface area contributed by atoms with Gasteiger partial charge in [0, 0.05) is 12.3 Å². The van der Waals surface area contributed by atoms with E-state index < -0.39 is 23.8 Å². The van der Waals surface area contributed by atoms with Crippen LogP contribution in [0.15, 0.2) is 12.2 Å². The van der Waals surface area contributed by atoms with E-state index in [1.54, 1.807) is 13.8 Å². The van der Waals surface area contributed by atoms with Crippen molar-refractivity contribution in [1.82, 2.24) is 5.32 Å². The minimum atomic E-state index is -1.18. The molecule has 0 bridgehead atoms. The molecule has 0 rings (SSSR count). The monoisotopic (exact) mass is 437 g/mol. The summed E-state index contributed by atoms with van der Waals surface area (Å²) >= 11 is 0. The first-order chi connectivity index (χ1) is 13.7. The number of carbonyl (C=O) groups is 3. The minimum Gasteiger partial charge on any atom is -0.550 e. The molecule has 0 aliphatic carbocycles. The Kier molecular flexibility index (Phi) is 18.5. The largest absolute Gasteiger partial charge is 1.00 e. The van der Waals surface area contributed by atoms with Crippen LogP contribution in [-0.2, 0) is 14.4 Å². The Labute approximate surface area is 202 Å². The van der Waals surface area contributed by atoms with Gasteiger partial charge in [0.1, 0.15) is 12.5 Å². The Morgan fingerprint density at radius 2 is 1.63 bits per heavy atom. The van der Waals surface area contributed by atoms with Gasteiger partial charge < -0.3 is 29.9 Å². The molecule has 30 heavy (non-hydrogen) atoms. The number of carboxylic acids is 2. The topological polar surface area (TPSA) is 127 Å². The summed E-state index contributed by atoms with van der Waals surface area (Å²) in [5, 5.41) is 33.4. The third-order valence-electron chi connectivity index (χ3n) is 5.31. The summed E-state index contributed by atoms with van der Waals surface area (Å²) in [6.07, 6.45) is 6.64. The molecule has 0 radical (unpaired) electrons. The Bertz CT molecular complexity index is 518. The van der Waals surface area contributed by atoms with Crippen LogP contribution in [-0.4, -0.2) is 71.9 Å². The fourth-order valence-corrected chi connectivity index (χ4v) is 3.47. The van der Waals surface area contributed by atoms with Gasteiger partial charge in [-0.1, -0.05) is 32.9 Å². The predicted molar refractivity (Wildman–Crippen MR) is 109 cm³/mol. The van der Waals surface area contributed by atoms with Crippen molar-refractivity contribution < 1.29 is 63.7 Å². The van der Waals surface area contributed by atoms with Crippen molar-refractivity contribution in [3.8, 4) is 0 Å². The number of allylic oxidation sites excluding steroid dienone is 2. The first-order valence-electron chi connectivity index (χ1n) is 10.6. The zero-order valence-electron chi connectivity index (χ0n) is 19.1. The summed E-state index contributed by atoms with van der Waals surface area (Å²) in [5.74, 6) is -3.63. The number of hydrogen-bond acceptors (Lipinski definition) is 5. The second-order valence-electron chi connectivity index (χ2n) is 7.51. The molecule has 0 aromatic carbocycles. The SMILES string of the molecule is CC/C=C/CCC(=O)NCC[N+](CCO)(CC(CC)C(=O)[O-])CC(CC)C(=O)O.[Na+]. The van der Waals surface area contributed by atoms with E-state index in [4.69, 9.17) is 0 Å². The molecule has 0 aromatic heterocycles. The van der Waals surface area contributed by atoms with Crippen LogP contribution in [0.25, 0.3) is 0 Å². The Morgan fingerprint density at radius 1 is 1.03 bits per heavy atom. The van der Waals surface area contributed by atoms with E-state index in [1.807, 2.05) is 19.1 Å². The van der Waals surface area contributed by atoms with Gasteiger partial charge in [-0.2, -0.15) is 0 Å². The van der Waals surface area contributed by atoms with Crippen LogP contribution in [0.4, 0.5) is 0 Å². The number of carbonyl (C=O) groups excluding carboxylic acids is 2. The van der Waals surface area contributed by atoms with Crippen molar-refractivity contribution in [2.45, 2.75) is 52.9 Å². The number of amides is 1. The van der Waals surface area contributed by atoms with Crippen LogP contribution in [0, 0.1) is 11.8 Å². The average molecular weight is 438 g/mol. The maximum atomic E-state index is 12.0.